The van der Waals surface area contributed by atoms with Crippen LogP contribution in [0.5, 0.6) is 0 Å². The molecule has 0 spiro atoms. The summed E-state index contributed by atoms with van der Waals surface area (Å²) in [6.45, 7) is 8.55. The number of ether oxygens (including phenoxy) is 1. The summed E-state index contributed by atoms with van der Waals surface area (Å²) < 4.78 is 16.5. The summed E-state index contributed by atoms with van der Waals surface area (Å²) in [5, 5.41) is 12.9. The molecule has 0 heterocycles. The van der Waals surface area contributed by atoms with E-state index in [0.29, 0.717) is 32.2 Å². The van der Waals surface area contributed by atoms with Gasteiger partial charge in [0.15, 0.2) is 0 Å². The molecule has 0 aliphatic carbocycles. The zero-order valence-corrected chi connectivity index (χ0v) is 13.0. The summed E-state index contributed by atoms with van der Waals surface area (Å²) in [5.74, 6) is 0.705. The van der Waals surface area contributed by atoms with Crippen molar-refractivity contribution in [2.45, 2.75) is 45.0 Å². The lowest BCUT2D eigenvalue weighted by Gasteiger charge is -2.14. The molecule has 0 aromatic carbocycles. The van der Waals surface area contributed by atoms with Crippen LogP contribution in [-0.4, -0.2) is 53.2 Å². The molecule has 4 nitrogen and oxygen atoms in total. The largest absolute Gasteiger partial charge is 0.389 e. The molecule has 0 amide bonds. The number of hydrogen-bond acceptors (Lipinski definition) is 4. The van der Waals surface area contributed by atoms with E-state index in [4.69, 9.17) is 4.74 Å². The Morgan fingerprint density at radius 1 is 1.28 bits per heavy atom. The van der Waals surface area contributed by atoms with Gasteiger partial charge in [0.05, 0.1) is 12.7 Å². The molecule has 0 saturated heterocycles. The fraction of sp³-hybridized carbons (Fsp3) is 1.00. The van der Waals surface area contributed by atoms with Crippen LogP contribution in [0.4, 0.5) is 0 Å². The molecule has 0 saturated carbocycles. The summed E-state index contributed by atoms with van der Waals surface area (Å²) in [6, 6.07) is 0. The van der Waals surface area contributed by atoms with Gasteiger partial charge in [-0.15, -0.1) is 0 Å². The molecule has 5 heteroatoms. The van der Waals surface area contributed by atoms with E-state index < -0.39 is 16.9 Å². The van der Waals surface area contributed by atoms with Gasteiger partial charge in [-0.3, -0.25) is 4.21 Å². The zero-order valence-electron chi connectivity index (χ0n) is 12.1. The monoisotopic (exact) mass is 279 g/mol. The van der Waals surface area contributed by atoms with Gasteiger partial charge in [0, 0.05) is 42.0 Å². The van der Waals surface area contributed by atoms with Crippen LogP contribution in [0, 0.1) is 5.92 Å². The zero-order chi connectivity index (χ0) is 14.0. The van der Waals surface area contributed by atoms with Crippen LogP contribution in [-0.2, 0) is 15.5 Å². The first-order valence-corrected chi connectivity index (χ1v) is 8.34. The Labute approximate surface area is 114 Å². The van der Waals surface area contributed by atoms with Crippen LogP contribution in [0.15, 0.2) is 0 Å². The Morgan fingerprint density at radius 3 is 2.50 bits per heavy atom. The lowest BCUT2D eigenvalue weighted by molar-refractivity contribution is 0.0349. The molecular formula is C13H29NO3S. The third-order valence-electron chi connectivity index (χ3n) is 2.76. The Balaban J connectivity index is 3.37. The van der Waals surface area contributed by atoms with Crippen molar-refractivity contribution in [3.05, 3.63) is 0 Å². The molecule has 110 valence electrons. The van der Waals surface area contributed by atoms with E-state index in [9.17, 15) is 9.32 Å². The number of aliphatic hydroxyl groups excluding tert-OH is 1. The maximum atomic E-state index is 11.1. The highest BCUT2D eigenvalue weighted by molar-refractivity contribution is 7.84. The van der Waals surface area contributed by atoms with E-state index in [1.165, 1.54) is 0 Å². The van der Waals surface area contributed by atoms with E-state index in [0.717, 1.165) is 12.8 Å². The van der Waals surface area contributed by atoms with Gasteiger partial charge in [0.1, 0.15) is 0 Å². The lowest BCUT2D eigenvalue weighted by Crippen LogP contribution is -2.35. The molecule has 3 unspecified atom stereocenters. The van der Waals surface area contributed by atoms with E-state index in [1.807, 2.05) is 6.92 Å². The Kier molecular flexibility index (Phi) is 10.9. The van der Waals surface area contributed by atoms with Crippen molar-refractivity contribution in [1.29, 1.82) is 0 Å². The Hall–Kier alpha value is 0.0300. The van der Waals surface area contributed by atoms with Crippen LogP contribution in [0.1, 0.15) is 33.6 Å². The van der Waals surface area contributed by atoms with Crippen LogP contribution in [0.3, 0.4) is 0 Å². The van der Waals surface area contributed by atoms with Gasteiger partial charge in [-0.2, -0.15) is 0 Å². The molecule has 0 radical (unpaired) electrons. The standard InChI is InChI=1S/C13H29NO3S/c1-11(2)6-5-7-17-10-13(15)9-14-8-12(3)18(4)16/h11-15H,5-10H2,1-4H3. The summed E-state index contributed by atoms with van der Waals surface area (Å²) in [7, 11) is -0.813. The number of rotatable bonds is 11. The molecule has 0 aromatic rings. The molecule has 0 rings (SSSR count). The van der Waals surface area contributed by atoms with Gasteiger partial charge in [-0.1, -0.05) is 13.8 Å². The third-order valence-corrected chi connectivity index (χ3v) is 4.06. The third kappa shape index (κ3) is 11.1. The molecule has 0 aliphatic rings. The van der Waals surface area contributed by atoms with Crippen molar-refractivity contribution in [1.82, 2.24) is 5.32 Å². The highest BCUT2D eigenvalue weighted by Gasteiger charge is 2.08. The molecule has 0 aliphatic heterocycles. The second-order valence-corrected chi connectivity index (χ2v) is 7.03. The Bertz CT molecular complexity index is 224. The fourth-order valence-corrected chi connectivity index (χ4v) is 1.80. The quantitative estimate of drug-likeness (QED) is 0.557. The molecule has 0 aromatic heterocycles. The average Bonchev–Trinajstić information content (AvgIpc) is 2.27. The molecule has 18 heavy (non-hydrogen) atoms. The summed E-state index contributed by atoms with van der Waals surface area (Å²) in [4.78, 5) is 0. The molecule has 0 bridgehead atoms. The SMILES string of the molecule is CC(C)CCCOCC(O)CNCC(C)S(C)=O. The first kappa shape index (κ1) is 18.0. The predicted molar refractivity (Wildman–Crippen MR) is 77.3 cm³/mol. The minimum absolute atomic E-state index is 0.115. The molecule has 3 atom stereocenters. The van der Waals surface area contributed by atoms with E-state index in [1.54, 1.807) is 6.26 Å². The van der Waals surface area contributed by atoms with Crippen molar-refractivity contribution >= 4 is 10.8 Å². The number of aliphatic hydroxyl groups is 1. The van der Waals surface area contributed by atoms with Crippen molar-refractivity contribution in [2.24, 2.45) is 5.92 Å². The molecule has 0 fully saturated rings. The van der Waals surface area contributed by atoms with Crippen LogP contribution in [0.2, 0.25) is 0 Å². The topological polar surface area (TPSA) is 58.6 Å². The second-order valence-electron chi connectivity index (χ2n) is 5.23. The smallest absolute Gasteiger partial charge is 0.0897 e. The highest BCUT2D eigenvalue weighted by Crippen LogP contribution is 2.03. The number of nitrogens with one attached hydrogen (secondary N) is 1. The van der Waals surface area contributed by atoms with Gasteiger partial charge in [0.2, 0.25) is 0 Å². The van der Waals surface area contributed by atoms with Crippen molar-refractivity contribution in [3.63, 3.8) is 0 Å². The van der Waals surface area contributed by atoms with Gasteiger partial charge < -0.3 is 15.2 Å². The number of hydrogen-bond donors (Lipinski definition) is 2. The van der Waals surface area contributed by atoms with Crippen molar-refractivity contribution < 1.29 is 14.1 Å². The van der Waals surface area contributed by atoms with E-state index in [-0.39, 0.29) is 5.25 Å². The maximum absolute atomic E-state index is 11.1. The van der Waals surface area contributed by atoms with Gasteiger partial charge in [-0.25, -0.2) is 0 Å². The normalized spacial score (nSPS) is 16.8. The lowest BCUT2D eigenvalue weighted by atomic mass is 10.1. The van der Waals surface area contributed by atoms with Crippen LogP contribution in [0.25, 0.3) is 0 Å². The maximum Gasteiger partial charge on any atom is 0.0897 e. The predicted octanol–water partition coefficient (Wildman–Crippen LogP) is 1.16. The minimum Gasteiger partial charge on any atom is -0.389 e. The van der Waals surface area contributed by atoms with Gasteiger partial charge >= 0.3 is 0 Å². The average molecular weight is 279 g/mol. The summed E-state index contributed by atoms with van der Waals surface area (Å²) in [6.07, 6.45) is 3.42. The van der Waals surface area contributed by atoms with Crippen LogP contribution < -0.4 is 5.32 Å². The van der Waals surface area contributed by atoms with Crippen molar-refractivity contribution in [3.8, 4) is 0 Å². The van der Waals surface area contributed by atoms with Crippen molar-refractivity contribution in [2.75, 3.05) is 32.6 Å². The Morgan fingerprint density at radius 2 is 1.94 bits per heavy atom. The molecular weight excluding hydrogens is 250 g/mol. The van der Waals surface area contributed by atoms with Crippen LogP contribution >= 0.6 is 0 Å². The van der Waals surface area contributed by atoms with E-state index in [2.05, 4.69) is 19.2 Å². The minimum atomic E-state index is -0.813. The fourth-order valence-electron chi connectivity index (χ4n) is 1.44. The van der Waals surface area contributed by atoms with Gasteiger partial charge in [0.25, 0.3) is 0 Å². The first-order chi connectivity index (χ1) is 8.43. The molecule has 2 N–H and O–H groups in total. The highest BCUT2D eigenvalue weighted by atomic mass is 32.2. The van der Waals surface area contributed by atoms with E-state index >= 15 is 0 Å². The summed E-state index contributed by atoms with van der Waals surface area (Å²) >= 11 is 0. The summed E-state index contributed by atoms with van der Waals surface area (Å²) in [5.41, 5.74) is 0. The first-order valence-electron chi connectivity index (χ1n) is 6.72. The second kappa shape index (κ2) is 10.9. The van der Waals surface area contributed by atoms with Gasteiger partial charge in [-0.05, 0) is 25.7 Å².